The molecule has 0 saturated heterocycles. The molecule has 1 aromatic carbocycles. The van der Waals surface area contributed by atoms with Crippen molar-refractivity contribution in [1.29, 1.82) is 0 Å². The normalized spacial score (nSPS) is 13.8. The van der Waals surface area contributed by atoms with Crippen molar-refractivity contribution in [3.8, 4) is 5.88 Å². The lowest BCUT2D eigenvalue weighted by atomic mass is 10.1. The number of pyridine rings is 1. The predicted molar refractivity (Wildman–Crippen MR) is 117 cm³/mol. The maximum absolute atomic E-state index is 5.69. The second kappa shape index (κ2) is 9.91. The lowest BCUT2D eigenvalue weighted by molar-refractivity contribution is 0.288. The van der Waals surface area contributed by atoms with E-state index in [0.29, 0.717) is 19.0 Å². The first-order chi connectivity index (χ1) is 14.8. The maximum Gasteiger partial charge on any atom is 0.213 e. The second-order valence-electron chi connectivity index (χ2n) is 7.51. The molecule has 156 valence electrons. The van der Waals surface area contributed by atoms with Crippen LogP contribution in [0.4, 0.5) is 0 Å². The van der Waals surface area contributed by atoms with Crippen LogP contribution in [0.2, 0.25) is 0 Å². The van der Waals surface area contributed by atoms with Gasteiger partial charge in [0, 0.05) is 44.8 Å². The summed E-state index contributed by atoms with van der Waals surface area (Å²) in [5.41, 5.74) is 3.53. The topological polar surface area (TPSA) is 76.4 Å². The van der Waals surface area contributed by atoms with Crippen LogP contribution in [0.3, 0.4) is 0 Å². The third-order valence-electron chi connectivity index (χ3n) is 5.10. The molecule has 0 bridgehead atoms. The molecule has 30 heavy (non-hydrogen) atoms. The fourth-order valence-corrected chi connectivity index (χ4v) is 3.13. The van der Waals surface area contributed by atoms with Crippen LogP contribution in [0.1, 0.15) is 29.5 Å². The van der Waals surface area contributed by atoms with Gasteiger partial charge in [0.25, 0.3) is 0 Å². The van der Waals surface area contributed by atoms with Crippen molar-refractivity contribution >= 4 is 5.96 Å². The van der Waals surface area contributed by atoms with Gasteiger partial charge in [0.1, 0.15) is 0 Å². The van der Waals surface area contributed by atoms with Gasteiger partial charge in [-0.3, -0.25) is 9.67 Å². The molecule has 1 saturated carbocycles. The Morgan fingerprint density at radius 1 is 1.10 bits per heavy atom. The molecule has 2 aromatic heterocycles. The number of rotatable bonds is 9. The van der Waals surface area contributed by atoms with Crippen LogP contribution < -0.4 is 15.4 Å². The van der Waals surface area contributed by atoms with Gasteiger partial charge in [-0.1, -0.05) is 30.3 Å². The molecule has 2 N–H and O–H groups in total. The second-order valence-corrected chi connectivity index (χ2v) is 7.51. The highest BCUT2D eigenvalue weighted by atomic mass is 16.5. The van der Waals surface area contributed by atoms with Crippen molar-refractivity contribution in [2.75, 3.05) is 13.7 Å². The smallest absolute Gasteiger partial charge is 0.213 e. The number of hydrogen-bond donors (Lipinski definition) is 2. The van der Waals surface area contributed by atoms with Crippen LogP contribution in [0.15, 0.2) is 66.0 Å². The van der Waals surface area contributed by atoms with E-state index in [4.69, 9.17) is 4.74 Å². The average Bonchev–Trinajstić information content (AvgIpc) is 3.48. The Morgan fingerprint density at radius 3 is 2.63 bits per heavy atom. The number of guanidine groups is 1. The number of aliphatic imine (C=N–C) groups is 1. The Kier molecular flexibility index (Phi) is 6.59. The van der Waals surface area contributed by atoms with Crippen molar-refractivity contribution in [1.82, 2.24) is 25.4 Å². The Bertz CT molecular complexity index is 948. The quantitative estimate of drug-likeness (QED) is 0.424. The first-order valence-electron chi connectivity index (χ1n) is 10.4. The summed E-state index contributed by atoms with van der Waals surface area (Å²) in [6, 6.07) is 14.3. The van der Waals surface area contributed by atoms with Crippen molar-refractivity contribution < 1.29 is 4.74 Å². The summed E-state index contributed by atoms with van der Waals surface area (Å²) in [5.74, 6) is 2.17. The van der Waals surface area contributed by atoms with E-state index >= 15 is 0 Å². The van der Waals surface area contributed by atoms with Crippen molar-refractivity contribution in [2.24, 2.45) is 10.9 Å². The Labute approximate surface area is 177 Å². The van der Waals surface area contributed by atoms with E-state index < -0.39 is 0 Å². The van der Waals surface area contributed by atoms with Gasteiger partial charge in [0.15, 0.2) is 5.96 Å². The van der Waals surface area contributed by atoms with Crippen LogP contribution >= 0.6 is 0 Å². The minimum atomic E-state index is 0.643. The van der Waals surface area contributed by atoms with E-state index in [-0.39, 0.29) is 0 Å². The SMILES string of the molecule is CN=C(NCc1ccc(OCC2CC2)nc1)NCc1ccccc1Cn1cccn1. The summed E-state index contributed by atoms with van der Waals surface area (Å²) in [6.07, 6.45) is 8.18. The van der Waals surface area contributed by atoms with E-state index in [2.05, 4.69) is 50.0 Å². The number of nitrogens with one attached hydrogen (secondary N) is 2. The molecule has 0 unspecified atom stereocenters. The molecule has 2 heterocycles. The number of benzene rings is 1. The van der Waals surface area contributed by atoms with Crippen molar-refractivity contribution in [3.05, 3.63) is 77.7 Å². The van der Waals surface area contributed by atoms with Gasteiger partial charge in [-0.25, -0.2) is 4.98 Å². The van der Waals surface area contributed by atoms with Crippen LogP contribution in [0.25, 0.3) is 0 Å². The van der Waals surface area contributed by atoms with Gasteiger partial charge in [0.05, 0.1) is 13.2 Å². The fourth-order valence-electron chi connectivity index (χ4n) is 3.13. The Morgan fingerprint density at radius 2 is 1.93 bits per heavy atom. The van der Waals surface area contributed by atoms with Crippen LogP contribution in [-0.4, -0.2) is 34.4 Å². The monoisotopic (exact) mass is 404 g/mol. The first kappa shape index (κ1) is 19.9. The van der Waals surface area contributed by atoms with Gasteiger partial charge in [-0.15, -0.1) is 0 Å². The zero-order valence-electron chi connectivity index (χ0n) is 17.3. The first-order valence-corrected chi connectivity index (χ1v) is 10.4. The largest absolute Gasteiger partial charge is 0.477 e. The lowest BCUT2D eigenvalue weighted by Crippen LogP contribution is -2.36. The molecule has 0 atom stereocenters. The number of ether oxygens (including phenoxy) is 1. The summed E-state index contributed by atoms with van der Waals surface area (Å²) in [4.78, 5) is 8.72. The number of nitrogens with zero attached hydrogens (tertiary/aromatic N) is 4. The van der Waals surface area contributed by atoms with Crippen molar-refractivity contribution in [2.45, 2.75) is 32.5 Å². The molecule has 0 spiro atoms. The Hall–Kier alpha value is -3.35. The molecule has 0 radical (unpaired) electrons. The number of aromatic nitrogens is 3. The molecule has 3 aromatic rings. The molecular formula is C23H28N6O. The minimum absolute atomic E-state index is 0.643. The summed E-state index contributed by atoms with van der Waals surface area (Å²) in [7, 11) is 1.78. The molecule has 1 aliphatic carbocycles. The van der Waals surface area contributed by atoms with E-state index in [9.17, 15) is 0 Å². The zero-order chi connectivity index (χ0) is 20.6. The summed E-state index contributed by atoms with van der Waals surface area (Å²) >= 11 is 0. The highest BCUT2D eigenvalue weighted by molar-refractivity contribution is 5.79. The van der Waals surface area contributed by atoms with E-state index in [1.807, 2.05) is 35.3 Å². The van der Waals surface area contributed by atoms with Gasteiger partial charge in [-0.2, -0.15) is 5.10 Å². The third kappa shape index (κ3) is 5.83. The Balaban J connectivity index is 1.27. The number of hydrogen-bond acceptors (Lipinski definition) is 4. The van der Waals surface area contributed by atoms with Crippen molar-refractivity contribution in [3.63, 3.8) is 0 Å². The molecule has 7 heteroatoms. The zero-order valence-corrected chi connectivity index (χ0v) is 17.3. The summed E-state index contributed by atoms with van der Waals surface area (Å²) in [6.45, 7) is 2.86. The molecule has 7 nitrogen and oxygen atoms in total. The van der Waals surface area contributed by atoms with E-state index in [0.717, 1.165) is 30.6 Å². The molecule has 0 aliphatic heterocycles. The molecule has 4 rings (SSSR count). The highest BCUT2D eigenvalue weighted by Gasteiger charge is 2.22. The van der Waals surface area contributed by atoms with Crippen LogP contribution in [0.5, 0.6) is 5.88 Å². The summed E-state index contributed by atoms with van der Waals surface area (Å²) in [5, 5.41) is 11.0. The molecular weight excluding hydrogens is 376 g/mol. The van der Waals surface area contributed by atoms with Crippen LogP contribution in [-0.2, 0) is 19.6 Å². The van der Waals surface area contributed by atoms with E-state index in [1.165, 1.54) is 24.0 Å². The standard InChI is InChI=1S/C23H28N6O/c1-24-23(26-14-19-9-10-22(25-13-19)30-17-18-7-8-18)27-15-20-5-2-3-6-21(20)16-29-12-4-11-28-29/h2-6,9-13,18H,7-8,14-17H2,1H3,(H2,24,26,27). The molecule has 1 aliphatic rings. The lowest BCUT2D eigenvalue weighted by Gasteiger charge is -2.14. The van der Waals surface area contributed by atoms with Gasteiger partial charge in [0.2, 0.25) is 5.88 Å². The minimum Gasteiger partial charge on any atom is -0.477 e. The molecule has 0 amide bonds. The average molecular weight is 405 g/mol. The molecule has 1 fully saturated rings. The fraction of sp³-hybridized carbons (Fsp3) is 0.348. The van der Waals surface area contributed by atoms with Gasteiger partial charge >= 0.3 is 0 Å². The van der Waals surface area contributed by atoms with Crippen LogP contribution in [0, 0.1) is 5.92 Å². The van der Waals surface area contributed by atoms with E-state index in [1.54, 1.807) is 13.2 Å². The third-order valence-corrected chi connectivity index (χ3v) is 5.10. The van der Waals surface area contributed by atoms with Gasteiger partial charge in [-0.05, 0) is 41.5 Å². The summed E-state index contributed by atoms with van der Waals surface area (Å²) < 4.78 is 7.62. The maximum atomic E-state index is 5.69. The van der Waals surface area contributed by atoms with Gasteiger partial charge < -0.3 is 15.4 Å². The predicted octanol–water partition coefficient (Wildman–Crippen LogP) is 2.98. The highest BCUT2D eigenvalue weighted by Crippen LogP contribution is 2.29.